The Morgan fingerprint density at radius 2 is 1.31 bits per heavy atom. The maximum absolute atomic E-state index is 11.8. The summed E-state index contributed by atoms with van der Waals surface area (Å²) in [4.78, 5) is -0.193. The Morgan fingerprint density at radius 3 is 1.77 bits per heavy atom. The van der Waals surface area contributed by atoms with E-state index in [-0.39, 0.29) is 40.2 Å². The van der Waals surface area contributed by atoms with E-state index >= 15 is 0 Å². The molecule has 1 rings (SSSR count). The molecule has 0 heterocycles. The van der Waals surface area contributed by atoms with E-state index in [0.717, 1.165) is 25.3 Å². The number of hydrogen-bond acceptors (Lipinski definition) is 3. The Morgan fingerprint density at radius 1 is 0.846 bits per heavy atom. The Labute approximate surface area is 181 Å². The third-order valence-corrected chi connectivity index (χ3v) is 5.48. The summed E-state index contributed by atoms with van der Waals surface area (Å²) in [5.41, 5.74) is 0.474. The van der Waals surface area contributed by atoms with Gasteiger partial charge in [0.25, 0.3) is 10.1 Å². The van der Waals surface area contributed by atoms with Crippen LogP contribution in [0.5, 0.6) is 5.75 Å². The summed E-state index contributed by atoms with van der Waals surface area (Å²) >= 11 is 0. The molecule has 0 saturated carbocycles. The molecule has 144 valence electrons. The van der Waals surface area contributed by atoms with Crippen molar-refractivity contribution in [3.63, 3.8) is 0 Å². The maximum Gasteiger partial charge on any atom is 1.00 e. The minimum absolute atomic E-state index is 0. The van der Waals surface area contributed by atoms with Gasteiger partial charge in [0, 0.05) is 0 Å². The van der Waals surface area contributed by atoms with Gasteiger partial charge >= 0.3 is 29.6 Å². The van der Waals surface area contributed by atoms with Crippen LogP contribution in [0.1, 0.15) is 89.5 Å². The topological polar surface area (TPSA) is 77.4 Å². The van der Waals surface area contributed by atoms with Crippen LogP contribution in [0.3, 0.4) is 0 Å². The zero-order valence-electron chi connectivity index (χ0n) is 16.5. The molecule has 0 amide bonds. The molecule has 26 heavy (non-hydrogen) atoms. The smallest absolute Gasteiger partial charge is 0.872 e. The van der Waals surface area contributed by atoms with E-state index in [1.807, 2.05) is 0 Å². The first kappa shape index (κ1) is 25.9. The average Bonchev–Trinajstić information content (AvgIpc) is 2.56. The van der Waals surface area contributed by atoms with E-state index in [0.29, 0.717) is 12.0 Å². The molecule has 6 heteroatoms. The normalized spacial score (nSPS) is 11.3. The average molecular weight is 393 g/mol. The van der Waals surface area contributed by atoms with Gasteiger partial charge in [0.1, 0.15) is 0 Å². The van der Waals surface area contributed by atoms with Gasteiger partial charge in [-0.3, -0.25) is 4.55 Å². The number of hydrogen-bond donors (Lipinski definition) is 1. The second kappa shape index (κ2) is 14.9. The van der Waals surface area contributed by atoms with Gasteiger partial charge in [0.2, 0.25) is 0 Å². The standard InChI is InChI=1S/C20H34O4S.Na/c1-2-3-4-5-6-7-8-9-10-11-12-13-14-18-17-19(25(22,23)24)15-16-20(18)21;/h15-17,21H,2-14H2,1H3,(H,22,23,24);/q;+1/p-1. The molecule has 0 bridgehead atoms. The van der Waals surface area contributed by atoms with Crippen molar-refractivity contribution in [3.8, 4) is 5.75 Å². The monoisotopic (exact) mass is 392 g/mol. The first-order chi connectivity index (χ1) is 11.9. The number of aryl methyl sites for hydroxylation is 1. The van der Waals surface area contributed by atoms with E-state index < -0.39 is 10.1 Å². The van der Waals surface area contributed by atoms with Crippen LogP contribution >= 0.6 is 0 Å². The van der Waals surface area contributed by atoms with Gasteiger partial charge in [-0.05, 0) is 25.0 Å². The molecule has 0 aromatic heterocycles. The molecule has 0 aliphatic heterocycles. The summed E-state index contributed by atoms with van der Waals surface area (Å²) in [7, 11) is -4.24. The van der Waals surface area contributed by atoms with Gasteiger partial charge < -0.3 is 5.11 Å². The minimum Gasteiger partial charge on any atom is -0.872 e. The van der Waals surface area contributed by atoms with Crippen LogP contribution in [-0.2, 0) is 16.5 Å². The molecule has 0 fully saturated rings. The predicted octanol–water partition coefficient (Wildman–Crippen LogP) is 2.25. The van der Waals surface area contributed by atoms with Crippen molar-refractivity contribution in [2.24, 2.45) is 0 Å². The van der Waals surface area contributed by atoms with Crippen LogP contribution in [0, 0.1) is 0 Å². The van der Waals surface area contributed by atoms with E-state index in [4.69, 9.17) is 4.55 Å². The summed E-state index contributed by atoms with van der Waals surface area (Å²) in [6.45, 7) is 2.24. The van der Waals surface area contributed by atoms with Crippen molar-refractivity contribution < 1.29 is 47.6 Å². The van der Waals surface area contributed by atoms with Crippen LogP contribution in [0.15, 0.2) is 23.1 Å². The Hall–Kier alpha value is -0.0700. The summed E-state index contributed by atoms with van der Waals surface area (Å²) < 4.78 is 31.3. The number of unbranched alkanes of at least 4 members (excludes halogenated alkanes) is 11. The Bertz CT molecular complexity index is 587. The largest absolute Gasteiger partial charge is 1.00 e. The molecule has 0 aliphatic rings. The zero-order chi connectivity index (χ0) is 18.5. The quantitative estimate of drug-likeness (QED) is 0.299. The molecule has 0 saturated heterocycles. The third kappa shape index (κ3) is 11.6. The zero-order valence-corrected chi connectivity index (χ0v) is 19.3. The molecular formula is C20H33NaO4S. The van der Waals surface area contributed by atoms with Crippen molar-refractivity contribution in [3.05, 3.63) is 23.8 Å². The molecule has 0 radical (unpaired) electrons. The maximum atomic E-state index is 11.8. The SMILES string of the molecule is CCCCCCCCCCCCCCc1cc(S(=O)(=O)O)ccc1[O-].[Na+]. The van der Waals surface area contributed by atoms with Crippen LogP contribution in [0.25, 0.3) is 0 Å². The van der Waals surface area contributed by atoms with Crippen LogP contribution < -0.4 is 34.7 Å². The fraction of sp³-hybridized carbons (Fsp3) is 0.700. The summed E-state index contributed by atoms with van der Waals surface area (Å²) in [6, 6.07) is 3.68. The van der Waals surface area contributed by atoms with Crippen molar-refractivity contribution in [2.75, 3.05) is 0 Å². The first-order valence-corrected chi connectivity index (χ1v) is 11.2. The number of rotatable bonds is 14. The van der Waals surface area contributed by atoms with Crippen molar-refractivity contribution in [1.29, 1.82) is 0 Å². The van der Waals surface area contributed by atoms with Crippen molar-refractivity contribution >= 4 is 10.1 Å². The predicted molar refractivity (Wildman–Crippen MR) is 100 cm³/mol. The molecular weight excluding hydrogens is 359 g/mol. The molecule has 1 N–H and O–H groups in total. The fourth-order valence-electron chi connectivity index (χ4n) is 3.07. The van der Waals surface area contributed by atoms with Crippen LogP contribution in [-0.4, -0.2) is 13.0 Å². The molecule has 1 aromatic carbocycles. The van der Waals surface area contributed by atoms with Gasteiger partial charge in [-0.15, -0.1) is 5.75 Å². The first-order valence-electron chi connectivity index (χ1n) is 9.72. The van der Waals surface area contributed by atoms with Gasteiger partial charge in [-0.2, -0.15) is 8.42 Å². The van der Waals surface area contributed by atoms with Gasteiger partial charge in [-0.1, -0.05) is 89.2 Å². The van der Waals surface area contributed by atoms with E-state index in [9.17, 15) is 13.5 Å². The van der Waals surface area contributed by atoms with Crippen LogP contribution in [0.2, 0.25) is 0 Å². The summed E-state index contributed by atoms with van der Waals surface area (Å²) in [5.74, 6) is -0.157. The van der Waals surface area contributed by atoms with Crippen molar-refractivity contribution in [1.82, 2.24) is 0 Å². The Kier molecular flexibility index (Phi) is 14.9. The van der Waals surface area contributed by atoms with E-state index in [2.05, 4.69) is 6.92 Å². The van der Waals surface area contributed by atoms with Gasteiger partial charge in [0.15, 0.2) is 0 Å². The Balaban J connectivity index is 0.00000625. The molecule has 0 atom stereocenters. The van der Waals surface area contributed by atoms with Crippen molar-refractivity contribution in [2.45, 2.75) is 95.3 Å². The number of benzene rings is 1. The molecule has 4 nitrogen and oxygen atoms in total. The van der Waals surface area contributed by atoms with Gasteiger partial charge in [-0.25, -0.2) is 0 Å². The summed E-state index contributed by atoms with van der Waals surface area (Å²) in [6.07, 6.45) is 15.6. The van der Waals surface area contributed by atoms with E-state index in [1.165, 1.54) is 69.9 Å². The minimum atomic E-state index is -4.24. The molecule has 1 aromatic rings. The third-order valence-electron chi connectivity index (χ3n) is 4.63. The van der Waals surface area contributed by atoms with Crippen LogP contribution in [0.4, 0.5) is 0 Å². The second-order valence-corrected chi connectivity index (χ2v) is 8.31. The second-order valence-electron chi connectivity index (χ2n) is 6.88. The molecule has 0 aliphatic carbocycles. The molecule has 0 spiro atoms. The van der Waals surface area contributed by atoms with E-state index in [1.54, 1.807) is 0 Å². The summed E-state index contributed by atoms with van der Waals surface area (Å²) in [5, 5.41) is 11.8. The molecule has 0 unspecified atom stereocenters. The van der Waals surface area contributed by atoms with Gasteiger partial charge in [0.05, 0.1) is 4.90 Å². The fourth-order valence-corrected chi connectivity index (χ4v) is 3.60.